The highest BCUT2D eigenvalue weighted by Gasteiger charge is 2.10. The summed E-state index contributed by atoms with van der Waals surface area (Å²) in [4.78, 5) is 15.6. The number of anilines is 1. The normalized spacial score (nSPS) is 11.0. The Labute approximate surface area is 114 Å². The maximum absolute atomic E-state index is 11.8. The van der Waals surface area contributed by atoms with Crippen molar-refractivity contribution in [3.63, 3.8) is 0 Å². The number of halogens is 1. The number of amides is 1. The van der Waals surface area contributed by atoms with Crippen LogP contribution in [0.5, 0.6) is 0 Å². The predicted octanol–water partition coefficient (Wildman–Crippen LogP) is 2.26. The molecule has 98 valence electrons. The number of rotatable bonds is 3. The van der Waals surface area contributed by atoms with E-state index in [9.17, 15) is 13.2 Å². The second-order valence-electron chi connectivity index (χ2n) is 3.65. The van der Waals surface area contributed by atoms with Crippen molar-refractivity contribution in [2.45, 2.75) is 4.90 Å². The Morgan fingerprint density at radius 1 is 1.05 bits per heavy atom. The van der Waals surface area contributed by atoms with E-state index in [4.69, 9.17) is 10.7 Å². The van der Waals surface area contributed by atoms with Gasteiger partial charge in [0.2, 0.25) is 0 Å². The Balaban J connectivity index is 2.15. The van der Waals surface area contributed by atoms with Crippen molar-refractivity contribution in [1.29, 1.82) is 0 Å². The molecule has 1 aromatic heterocycles. The molecule has 0 saturated carbocycles. The van der Waals surface area contributed by atoms with Crippen LogP contribution in [-0.4, -0.2) is 19.3 Å². The first-order chi connectivity index (χ1) is 8.97. The molecule has 2 aromatic rings. The molecule has 0 atom stereocenters. The van der Waals surface area contributed by atoms with Gasteiger partial charge in [-0.25, -0.2) is 8.42 Å². The minimum Gasteiger partial charge on any atom is -0.322 e. The summed E-state index contributed by atoms with van der Waals surface area (Å²) >= 11 is 0. The van der Waals surface area contributed by atoms with Crippen molar-refractivity contribution >= 4 is 31.3 Å². The monoisotopic (exact) mass is 296 g/mol. The first-order valence-electron chi connectivity index (χ1n) is 5.23. The van der Waals surface area contributed by atoms with Crippen LogP contribution in [0.3, 0.4) is 0 Å². The Morgan fingerprint density at radius 2 is 1.63 bits per heavy atom. The molecule has 1 amide bonds. The number of carbonyl (C=O) groups excluding carboxylic acids is 1. The summed E-state index contributed by atoms with van der Waals surface area (Å²) in [6.45, 7) is 0. The van der Waals surface area contributed by atoms with E-state index in [1.165, 1.54) is 36.7 Å². The molecule has 1 heterocycles. The van der Waals surface area contributed by atoms with Crippen LogP contribution in [0.4, 0.5) is 5.69 Å². The number of carbonyl (C=O) groups is 1. The maximum atomic E-state index is 11.8. The zero-order chi connectivity index (χ0) is 13.9. The fourth-order valence-corrected chi connectivity index (χ4v) is 2.18. The van der Waals surface area contributed by atoms with Crippen LogP contribution >= 0.6 is 10.7 Å². The molecule has 0 bridgehead atoms. The molecule has 1 N–H and O–H groups in total. The third-order valence-corrected chi connectivity index (χ3v) is 3.71. The smallest absolute Gasteiger partial charge is 0.261 e. The molecule has 0 aliphatic rings. The molecule has 1 aromatic carbocycles. The standard InChI is InChI=1S/C12H9ClN2O3S/c13-19(17,18)11-3-1-10(2-4-11)15-12(16)9-5-7-14-8-6-9/h1-8H,(H,15,16). The van der Waals surface area contributed by atoms with Gasteiger partial charge < -0.3 is 5.32 Å². The highest BCUT2D eigenvalue weighted by molar-refractivity contribution is 8.13. The van der Waals surface area contributed by atoms with E-state index >= 15 is 0 Å². The largest absolute Gasteiger partial charge is 0.322 e. The molecule has 7 heteroatoms. The van der Waals surface area contributed by atoms with Crippen LogP contribution in [0.15, 0.2) is 53.7 Å². The molecule has 0 spiro atoms. The third kappa shape index (κ3) is 3.52. The van der Waals surface area contributed by atoms with Gasteiger partial charge in [0.1, 0.15) is 0 Å². The molecular formula is C12H9ClN2O3S. The Bertz CT molecular complexity index is 685. The van der Waals surface area contributed by atoms with Crippen LogP contribution in [-0.2, 0) is 9.05 Å². The summed E-state index contributed by atoms with van der Waals surface area (Å²) in [5, 5.41) is 2.63. The van der Waals surface area contributed by atoms with E-state index < -0.39 is 9.05 Å². The lowest BCUT2D eigenvalue weighted by Crippen LogP contribution is -2.11. The van der Waals surface area contributed by atoms with E-state index in [-0.39, 0.29) is 10.8 Å². The van der Waals surface area contributed by atoms with Crippen LogP contribution < -0.4 is 5.32 Å². The minimum atomic E-state index is -3.75. The summed E-state index contributed by atoms with van der Waals surface area (Å²) in [5.41, 5.74) is 0.940. The van der Waals surface area contributed by atoms with E-state index in [2.05, 4.69) is 10.3 Å². The van der Waals surface area contributed by atoms with Gasteiger partial charge in [-0.1, -0.05) is 0 Å². The van der Waals surface area contributed by atoms with Gasteiger partial charge in [0.15, 0.2) is 0 Å². The van der Waals surface area contributed by atoms with Crippen molar-refractivity contribution in [1.82, 2.24) is 4.98 Å². The quantitative estimate of drug-likeness (QED) is 0.882. The summed E-state index contributed by atoms with van der Waals surface area (Å²) in [7, 11) is 1.44. The van der Waals surface area contributed by atoms with Crippen LogP contribution in [0, 0.1) is 0 Å². The van der Waals surface area contributed by atoms with Gasteiger partial charge in [-0.15, -0.1) is 0 Å². The van der Waals surface area contributed by atoms with Gasteiger partial charge in [-0.2, -0.15) is 0 Å². The van der Waals surface area contributed by atoms with Gasteiger partial charge >= 0.3 is 0 Å². The first-order valence-corrected chi connectivity index (χ1v) is 7.54. The molecule has 0 fully saturated rings. The van der Waals surface area contributed by atoms with Crippen molar-refractivity contribution in [3.05, 3.63) is 54.4 Å². The van der Waals surface area contributed by atoms with Crippen molar-refractivity contribution in [2.24, 2.45) is 0 Å². The molecule has 19 heavy (non-hydrogen) atoms. The fraction of sp³-hybridized carbons (Fsp3) is 0. The molecule has 5 nitrogen and oxygen atoms in total. The van der Waals surface area contributed by atoms with Gasteiger partial charge in [0.05, 0.1) is 4.90 Å². The van der Waals surface area contributed by atoms with E-state index in [0.29, 0.717) is 11.3 Å². The number of nitrogens with zero attached hydrogens (tertiary/aromatic N) is 1. The van der Waals surface area contributed by atoms with E-state index in [0.717, 1.165) is 0 Å². The van der Waals surface area contributed by atoms with Crippen LogP contribution in [0.25, 0.3) is 0 Å². The SMILES string of the molecule is O=C(Nc1ccc(S(=O)(=O)Cl)cc1)c1ccncc1. The van der Waals surface area contributed by atoms with Crippen LogP contribution in [0.2, 0.25) is 0 Å². The Kier molecular flexibility index (Phi) is 3.82. The lowest BCUT2D eigenvalue weighted by atomic mass is 10.2. The van der Waals surface area contributed by atoms with Gasteiger partial charge in [0.25, 0.3) is 15.0 Å². The number of hydrogen-bond acceptors (Lipinski definition) is 4. The van der Waals surface area contributed by atoms with Gasteiger partial charge in [0, 0.05) is 34.3 Å². The summed E-state index contributed by atoms with van der Waals surface area (Å²) in [6.07, 6.45) is 3.02. The highest BCUT2D eigenvalue weighted by Crippen LogP contribution is 2.18. The summed E-state index contributed by atoms with van der Waals surface area (Å²) < 4.78 is 22.1. The lowest BCUT2D eigenvalue weighted by Gasteiger charge is -2.05. The van der Waals surface area contributed by atoms with E-state index in [1.807, 2.05) is 0 Å². The van der Waals surface area contributed by atoms with Gasteiger partial charge in [-0.3, -0.25) is 9.78 Å². The maximum Gasteiger partial charge on any atom is 0.261 e. The molecule has 2 rings (SSSR count). The summed E-state index contributed by atoms with van der Waals surface area (Å²) in [5.74, 6) is -0.302. The average Bonchev–Trinajstić information content (AvgIpc) is 2.39. The number of nitrogens with one attached hydrogen (secondary N) is 1. The first kappa shape index (κ1) is 13.5. The molecule has 0 radical (unpaired) electrons. The predicted molar refractivity (Wildman–Crippen MR) is 71.7 cm³/mol. The topological polar surface area (TPSA) is 76.1 Å². The summed E-state index contributed by atoms with van der Waals surface area (Å²) in [6, 6.07) is 8.73. The Hall–Kier alpha value is -1.92. The molecule has 0 aliphatic heterocycles. The zero-order valence-electron chi connectivity index (χ0n) is 9.58. The van der Waals surface area contributed by atoms with Crippen molar-refractivity contribution in [2.75, 3.05) is 5.32 Å². The Morgan fingerprint density at radius 3 is 2.16 bits per heavy atom. The van der Waals surface area contributed by atoms with Gasteiger partial charge in [-0.05, 0) is 36.4 Å². The van der Waals surface area contributed by atoms with Crippen LogP contribution in [0.1, 0.15) is 10.4 Å². The highest BCUT2D eigenvalue weighted by atomic mass is 35.7. The zero-order valence-corrected chi connectivity index (χ0v) is 11.1. The number of aromatic nitrogens is 1. The second kappa shape index (κ2) is 5.38. The average molecular weight is 297 g/mol. The van der Waals surface area contributed by atoms with Crippen molar-refractivity contribution in [3.8, 4) is 0 Å². The number of benzene rings is 1. The number of pyridine rings is 1. The van der Waals surface area contributed by atoms with Crippen molar-refractivity contribution < 1.29 is 13.2 Å². The molecule has 0 aliphatic carbocycles. The number of hydrogen-bond donors (Lipinski definition) is 1. The third-order valence-electron chi connectivity index (χ3n) is 2.34. The molecular weight excluding hydrogens is 288 g/mol. The second-order valence-corrected chi connectivity index (χ2v) is 6.22. The minimum absolute atomic E-state index is 0.0175. The fourth-order valence-electron chi connectivity index (χ4n) is 1.41. The van der Waals surface area contributed by atoms with E-state index in [1.54, 1.807) is 12.1 Å². The lowest BCUT2D eigenvalue weighted by molar-refractivity contribution is 0.102. The molecule has 0 saturated heterocycles. The molecule has 0 unspecified atom stereocenters.